The van der Waals surface area contributed by atoms with Gasteiger partial charge in [0.1, 0.15) is 0 Å². The van der Waals surface area contributed by atoms with E-state index in [4.69, 9.17) is 11.6 Å². The Labute approximate surface area is 127 Å². The van der Waals surface area contributed by atoms with Crippen molar-refractivity contribution in [3.63, 3.8) is 0 Å². The Morgan fingerprint density at radius 2 is 1.70 bits per heavy atom. The van der Waals surface area contributed by atoms with Crippen LogP contribution in [0.25, 0.3) is 0 Å². The number of nitrogens with one attached hydrogen (secondary N) is 2. The third-order valence-corrected chi connectivity index (χ3v) is 3.85. The van der Waals surface area contributed by atoms with Crippen LogP contribution in [0.1, 0.15) is 52.1 Å². The fourth-order valence-corrected chi connectivity index (χ4v) is 2.24. The highest BCUT2D eigenvalue weighted by atomic mass is 35.5. The molecule has 2 atom stereocenters. The Morgan fingerprint density at radius 3 is 2.20 bits per heavy atom. The topological polar surface area (TPSA) is 41.1 Å². The van der Waals surface area contributed by atoms with Gasteiger partial charge in [-0.05, 0) is 44.4 Å². The summed E-state index contributed by atoms with van der Waals surface area (Å²) >= 11 is 5.88. The van der Waals surface area contributed by atoms with Gasteiger partial charge in [-0.15, -0.1) is 0 Å². The van der Waals surface area contributed by atoms with Crippen molar-refractivity contribution in [2.45, 2.75) is 58.7 Å². The first-order chi connectivity index (χ1) is 9.47. The molecule has 2 N–H and O–H groups in total. The molecular formula is C16H25ClN2O. The van der Waals surface area contributed by atoms with Crippen molar-refractivity contribution in [2.24, 2.45) is 0 Å². The predicted molar refractivity (Wildman–Crippen MR) is 85.0 cm³/mol. The maximum absolute atomic E-state index is 12.1. The SMILES string of the molecule is CCC(CC)NC(=O)C(C)N[C@H](C)c1ccc(Cl)cc1. The van der Waals surface area contributed by atoms with Gasteiger partial charge >= 0.3 is 0 Å². The van der Waals surface area contributed by atoms with Crippen LogP contribution in [0.3, 0.4) is 0 Å². The van der Waals surface area contributed by atoms with Gasteiger partial charge in [0.05, 0.1) is 6.04 Å². The lowest BCUT2D eigenvalue weighted by molar-refractivity contribution is -0.123. The van der Waals surface area contributed by atoms with E-state index < -0.39 is 0 Å². The quantitative estimate of drug-likeness (QED) is 0.806. The van der Waals surface area contributed by atoms with Gasteiger partial charge in [-0.3, -0.25) is 10.1 Å². The van der Waals surface area contributed by atoms with Crippen LogP contribution in [0.5, 0.6) is 0 Å². The molecule has 0 saturated carbocycles. The highest BCUT2D eigenvalue weighted by molar-refractivity contribution is 6.30. The Kier molecular flexibility index (Phi) is 7.03. The molecule has 1 rings (SSSR count). The first kappa shape index (κ1) is 17.0. The number of rotatable bonds is 7. The monoisotopic (exact) mass is 296 g/mol. The Hall–Kier alpha value is -1.06. The van der Waals surface area contributed by atoms with Crippen molar-refractivity contribution < 1.29 is 4.79 Å². The van der Waals surface area contributed by atoms with E-state index in [9.17, 15) is 4.79 Å². The largest absolute Gasteiger partial charge is 0.352 e. The van der Waals surface area contributed by atoms with Crippen LogP contribution in [0, 0.1) is 0 Å². The van der Waals surface area contributed by atoms with Crippen LogP contribution in [-0.4, -0.2) is 18.0 Å². The smallest absolute Gasteiger partial charge is 0.237 e. The second-order valence-electron chi connectivity index (χ2n) is 5.18. The molecule has 1 amide bonds. The van der Waals surface area contributed by atoms with E-state index in [2.05, 4.69) is 24.5 Å². The lowest BCUT2D eigenvalue weighted by Gasteiger charge is -2.22. The minimum atomic E-state index is -0.221. The second-order valence-corrected chi connectivity index (χ2v) is 5.62. The standard InChI is InChI=1S/C16H25ClN2O/c1-5-15(6-2)19-16(20)12(4)18-11(3)13-7-9-14(17)10-8-13/h7-12,15,18H,5-6H2,1-4H3,(H,19,20)/t11-,12?/m1/s1. The molecule has 0 heterocycles. The minimum absolute atomic E-state index is 0.0551. The summed E-state index contributed by atoms with van der Waals surface area (Å²) in [5.41, 5.74) is 1.12. The number of amides is 1. The minimum Gasteiger partial charge on any atom is -0.352 e. The van der Waals surface area contributed by atoms with Crippen molar-refractivity contribution in [3.05, 3.63) is 34.9 Å². The summed E-state index contributed by atoms with van der Waals surface area (Å²) in [7, 11) is 0. The molecule has 1 unspecified atom stereocenters. The van der Waals surface area contributed by atoms with E-state index in [1.54, 1.807) is 0 Å². The molecule has 1 aromatic carbocycles. The summed E-state index contributed by atoms with van der Waals surface area (Å²) in [4.78, 5) is 12.1. The molecule has 20 heavy (non-hydrogen) atoms. The number of halogens is 1. The van der Waals surface area contributed by atoms with Crippen LogP contribution in [0.2, 0.25) is 5.02 Å². The summed E-state index contributed by atoms with van der Waals surface area (Å²) in [5, 5.41) is 7.10. The highest BCUT2D eigenvalue weighted by Gasteiger charge is 2.18. The molecule has 0 aromatic heterocycles. The molecule has 4 heteroatoms. The number of benzene rings is 1. The van der Waals surface area contributed by atoms with Gasteiger partial charge in [0.15, 0.2) is 0 Å². The molecule has 112 valence electrons. The van der Waals surface area contributed by atoms with Crippen LogP contribution in [0.15, 0.2) is 24.3 Å². The Morgan fingerprint density at radius 1 is 1.15 bits per heavy atom. The fourth-order valence-electron chi connectivity index (χ4n) is 2.12. The molecule has 0 aliphatic rings. The van der Waals surface area contributed by atoms with Crippen LogP contribution in [0.4, 0.5) is 0 Å². The summed E-state index contributed by atoms with van der Waals surface area (Å²) in [5.74, 6) is 0.0551. The van der Waals surface area contributed by atoms with E-state index in [-0.39, 0.29) is 24.0 Å². The van der Waals surface area contributed by atoms with Gasteiger partial charge in [0, 0.05) is 17.1 Å². The third-order valence-electron chi connectivity index (χ3n) is 3.60. The van der Waals surface area contributed by atoms with Crippen molar-refractivity contribution in [1.82, 2.24) is 10.6 Å². The summed E-state index contributed by atoms with van der Waals surface area (Å²) in [6.07, 6.45) is 1.92. The van der Waals surface area contributed by atoms with E-state index >= 15 is 0 Å². The van der Waals surface area contributed by atoms with Crippen molar-refractivity contribution in [1.29, 1.82) is 0 Å². The summed E-state index contributed by atoms with van der Waals surface area (Å²) < 4.78 is 0. The van der Waals surface area contributed by atoms with E-state index in [1.807, 2.05) is 38.1 Å². The molecule has 0 fully saturated rings. The predicted octanol–water partition coefficient (Wildman–Crippen LogP) is 3.68. The van der Waals surface area contributed by atoms with E-state index in [0.717, 1.165) is 23.4 Å². The molecule has 1 aromatic rings. The fraction of sp³-hybridized carbons (Fsp3) is 0.562. The molecule has 0 aliphatic carbocycles. The molecule has 0 saturated heterocycles. The molecule has 0 spiro atoms. The lowest BCUT2D eigenvalue weighted by atomic mass is 10.1. The van der Waals surface area contributed by atoms with Gasteiger partial charge in [0.2, 0.25) is 5.91 Å². The first-order valence-corrected chi connectivity index (χ1v) is 7.67. The van der Waals surface area contributed by atoms with Crippen LogP contribution >= 0.6 is 11.6 Å². The van der Waals surface area contributed by atoms with Crippen LogP contribution < -0.4 is 10.6 Å². The van der Waals surface area contributed by atoms with Gasteiger partial charge in [-0.1, -0.05) is 37.6 Å². The zero-order chi connectivity index (χ0) is 15.1. The van der Waals surface area contributed by atoms with Crippen molar-refractivity contribution in [2.75, 3.05) is 0 Å². The average molecular weight is 297 g/mol. The average Bonchev–Trinajstić information content (AvgIpc) is 2.44. The van der Waals surface area contributed by atoms with Gasteiger partial charge < -0.3 is 5.32 Å². The van der Waals surface area contributed by atoms with Crippen LogP contribution in [-0.2, 0) is 4.79 Å². The third kappa shape index (κ3) is 5.14. The van der Waals surface area contributed by atoms with Gasteiger partial charge in [0.25, 0.3) is 0 Å². The number of carbonyl (C=O) groups excluding carboxylic acids is 1. The second kappa shape index (κ2) is 8.28. The van der Waals surface area contributed by atoms with E-state index in [0.29, 0.717) is 0 Å². The normalized spacial score (nSPS) is 14.1. The highest BCUT2D eigenvalue weighted by Crippen LogP contribution is 2.16. The van der Waals surface area contributed by atoms with Gasteiger partial charge in [-0.25, -0.2) is 0 Å². The summed E-state index contributed by atoms with van der Waals surface area (Å²) in [6.45, 7) is 8.11. The number of hydrogen-bond donors (Lipinski definition) is 2. The summed E-state index contributed by atoms with van der Waals surface area (Å²) in [6, 6.07) is 7.83. The van der Waals surface area contributed by atoms with E-state index in [1.165, 1.54) is 0 Å². The zero-order valence-electron chi connectivity index (χ0n) is 12.7. The van der Waals surface area contributed by atoms with Gasteiger partial charge in [-0.2, -0.15) is 0 Å². The van der Waals surface area contributed by atoms with Crippen molar-refractivity contribution in [3.8, 4) is 0 Å². The Balaban J connectivity index is 2.54. The molecule has 3 nitrogen and oxygen atoms in total. The number of carbonyl (C=O) groups is 1. The zero-order valence-corrected chi connectivity index (χ0v) is 13.5. The number of hydrogen-bond acceptors (Lipinski definition) is 2. The molecular weight excluding hydrogens is 272 g/mol. The lowest BCUT2D eigenvalue weighted by Crippen LogP contribution is -2.46. The maximum atomic E-state index is 12.1. The maximum Gasteiger partial charge on any atom is 0.237 e. The molecule has 0 radical (unpaired) electrons. The Bertz CT molecular complexity index is 415. The van der Waals surface area contributed by atoms with Crippen molar-refractivity contribution >= 4 is 17.5 Å². The molecule has 0 bridgehead atoms. The molecule has 0 aliphatic heterocycles. The first-order valence-electron chi connectivity index (χ1n) is 7.29.